The first-order valence-electron chi connectivity index (χ1n) is 5.69. The Bertz CT molecular complexity index is 665. The van der Waals surface area contributed by atoms with Crippen LogP contribution >= 0.6 is 39.1 Å². The molecule has 0 atom stereocenters. The molecular formula is C13H11BrCl2FN3. The number of halogens is 4. The predicted molar refractivity (Wildman–Crippen MR) is 85.9 cm³/mol. The molecule has 0 bridgehead atoms. The maximum absolute atomic E-state index is 13.6. The summed E-state index contributed by atoms with van der Waals surface area (Å²) in [4.78, 5) is 4.26. The minimum Gasteiger partial charge on any atom is -0.372 e. The van der Waals surface area contributed by atoms with Crippen LogP contribution < -0.4 is 10.6 Å². The van der Waals surface area contributed by atoms with E-state index in [1.165, 1.54) is 6.07 Å². The molecule has 7 heteroatoms. The molecule has 2 rings (SSSR count). The minimum absolute atomic E-state index is 0.358. The zero-order valence-electron chi connectivity index (χ0n) is 10.7. The van der Waals surface area contributed by atoms with Crippen LogP contribution in [0.3, 0.4) is 0 Å². The van der Waals surface area contributed by atoms with Gasteiger partial charge in [0, 0.05) is 12.7 Å². The molecule has 0 spiro atoms. The topological polar surface area (TPSA) is 37.0 Å². The lowest BCUT2D eigenvalue weighted by Gasteiger charge is -2.13. The van der Waals surface area contributed by atoms with Crippen molar-refractivity contribution in [2.45, 2.75) is 6.92 Å². The normalized spacial score (nSPS) is 10.5. The fraction of sp³-hybridized carbons (Fsp3) is 0.154. The molecule has 2 N–H and O–H groups in total. The second kappa shape index (κ2) is 6.16. The summed E-state index contributed by atoms with van der Waals surface area (Å²) in [6.07, 6.45) is 0. The fourth-order valence-corrected chi connectivity index (χ4v) is 2.60. The van der Waals surface area contributed by atoms with Crippen molar-refractivity contribution in [3.05, 3.63) is 44.1 Å². The van der Waals surface area contributed by atoms with E-state index >= 15 is 0 Å². The van der Waals surface area contributed by atoms with Gasteiger partial charge in [-0.3, -0.25) is 0 Å². The zero-order chi connectivity index (χ0) is 14.9. The highest BCUT2D eigenvalue weighted by Gasteiger charge is 2.11. The summed E-state index contributed by atoms with van der Waals surface area (Å²) >= 11 is 15.2. The number of hydrogen-bond donors (Lipinski definition) is 2. The Morgan fingerprint density at radius 1 is 1.15 bits per heavy atom. The predicted octanol–water partition coefficient (Wildman–Crippen LogP) is 5.38. The molecule has 2 aromatic rings. The van der Waals surface area contributed by atoms with Gasteiger partial charge in [-0.05, 0) is 46.6 Å². The van der Waals surface area contributed by atoms with Crippen molar-refractivity contribution in [1.82, 2.24) is 4.98 Å². The summed E-state index contributed by atoms with van der Waals surface area (Å²) < 4.78 is 14.0. The molecular weight excluding hydrogens is 368 g/mol. The lowest BCUT2D eigenvalue weighted by molar-refractivity contribution is 0.621. The van der Waals surface area contributed by atoms with Crippen LogP contribution in [-0.2, 0) is 0 Å². The van der Waals surface area contributed by atoms with Gasteiger partial charge in [0.15, 0.2) is 5.82 Å². The molecule has 0 radical (unpaired) electrons. The molecule has 106 valence electrons. The molecule has 1 aromatic carbocycles. The Hall–Kier alpha value is -1.04. The van der Waals surface area contributed by atoms with Gasteiger partial charge in [-0.25, -0.2) is 9.37 Å². The number of nitrogens with zero attached hydrogens (tertiary/aromatic N) is 1. The van der Waals surface area contributed by atoms with E-state index in [1.807, 2.05) is 6.92 Å². The van der Waals surface area contributed by atoms with Crippen molar-refractivity contribution in [2.24, 2.45) is 0 Å². The Balaban J connectivity index is 2.42. The van der Waals surface area contributed by atoms with Crippen molar-refractivity contribution in [3.8, 4) is 0 Å². The van der Waals surface area contributed by atoms with E-state index in [-0.39, 0.29) is 5.82 Å². The van der Waals surface area contributed by atoms with E-state index < -0.39 is 0 Å². The number of nitrogens with one attached hydrogen (secondary N) is 2. The first kappa shape index (κ1) is 15.4. The van der Waals surface area contributed by atoms with Gasteiger partial charge in [0.2, 0.25) is 0 Å². The van der Waals surface area contributed by atoms with Gasteiger partial charge in [0.1, 0.15) is 11.6 Å². The maximum Gasteiger partial charge on any atom is 0.151 e. The van der Waals surface area contributed by atoms with E-state index in [0.29, 0.717) is 31.8 Å². The van der Waals surface area contributed by atoms with E-state index in [9.17, 15) is 4.39 Å². The van der Waals surface area contributed by atoms with Crippen LogP contribution in [0, 0.1) is 12.7 Å². The molecule has 0 saturated carbocycles. The average Bonchev–Trinajstić information content (AvgIpc) is 2.38. The van der Waals surface area contributed by atoms with Crippen LogP contribution in [0.15, 0.2) is 22.7 Å². The van der Waals surface area contributed by atoms with Gasteiger partial charge >= 0.3 is 0 Å². The number of aryl methyl sites for hydroxylation is 1. The molecule has 0 amide bonds. The van der Waals surface area contributed by atoms with Gasteiger partial charge < -0.3 is 10.6 Å². The number of benzene rings is 1. The summed E-state index contributed by atoms with van der Waals surface area (Å²) in [6.45, 7) is 1.86. The Kier molecular flexibility index (Phi) is 4.73. The smallest absolute Gasteiger partial charge is 0.151 e. The first-order valence-corrected chi connectivity index (χ1v) is 7.23. The van der Waals surface area contributed by atoms with Crippen molar-refractivity contribution in [3.63, 3.8) is 0 Å². The van der Waals surface area contributed by atoms with Gasteiger partial charge in [0.05, 0.1) is 14.5 Å². The van der Waals surface area contributed by atoms with E-state index in [1.54, 1.807) is 19.2 Å². The average molecular weight is 379 g/mol. The minimum atomic E-state index is -0.364. The summed E-state index contributed by atoms with van der Waals surface area (Å²) in [6, 6.07) is 4.64. The standard InChI is InChI=1S/C13H11BrCl2FN3/c1-6-3-7(14)10(17)5-11(6)19-13-9(16)4-8(15)12(18-2)20-13/h3-5H,1-2H3,(H2,18,19,20). The maximum atomic E-state index is 13.6. The Labute approximate surface area is 134 Å². The molecule has 0 aliphatic heterocycles. The third-order valence-electron chi connectivity index (χ3n) is 2.69. The highest BCUT2D eigenvalue weighted by Crippen LogP contribution is 2.32. The number of anilines is 3. The largest absolute Gasteiger partial charge is 0.372 e. The van der Waals surface area contributed by atoms with Crippen molar-refractivity contribution < 1.29 is 4.39 Å². The van der Waals surface area contributed by atoms with E-state index in [0.717, 1.165) is 5.56 Å². The first-order chi connectivity index (χ1) is 9.42. The number of pyridine rings is 1. The quantitative estimate of drug-likeness (QED) is 0.752. The monoisotopic (exact) mass is 377 g/mol. The van der Waals surface area contributed by atoms with Gasteiger partial charge in [0.25, 0.3) is 0 Å². The molecule has 0 unspecified atom stereocenters. The van der Waals surface area contributed by atoms with Crippen LogP contribution in [0.5, 0.6) is 0 Å². The SMILES string of the molecule is CNc1nc(Nc2cc(F)c(Br)cc2C)c(Cl)cc1Cl. The highest BCUT2D eigenvalue weighted by atomic mass is 79.9. The Morgan fingerprint density at radius 2 is 1.80 bits per heavy atom. The summed E-state index contributed by atoms with van der Waals surface area (Å²) in [7, 11) is 1.70. The fourth-order valence-electron chi connectivity index (χ4n) is 1.64. The molecule has 0 aliphatic rings. The molecule has 0 saturated heterocycles. The third kappa shape index (κ3) is 3.16. The van der Waals surface area contributed by atoms with Crippen LogP contribution in [0.4, 0.5) is 21.7 Å². The molecule has 1 heterocycles. The van der Waals surface area contributed by atoms with Gasteiger partial charge in [-0.2, -0.15) is 0 Å². The summed E-state index contributed by atoms with van der Waals surface area (Å²) in [5.41, 5.74) is 1.45. The zero-order valence-corrected chi connectivity index (χ0v) is 13.8. The highest BCUT2D eigenvalue weighted by molar-refractivity contribution is 9.10. The lowest BCUT2D eigenvalue weighted by Crippen LogP contribution is -2.01. The van der Waals surface area contributed by atoms with E-state index in [4.69, 9.17) is 23.2 Å². The summed E-state index contributed by atoms with van der Waals surface area (Å²) in [5.74, 6) is 0.538. The number of aromatic nitrogens is 1. The molecule has 20 heavy (non-hydrogen) atoms. The third-order valence-corrected chi connectivity index (χ3v) is 3.87. The molecule has 0 fully saturated rings. The van der Waals surface area contributed by atoms with Gasteiger partial charge in [-0.15, -0.1) is 0 Å². The summed E-state index contributed by atoms with van der Waals surface area (Å²) in [5, 5.41) is 6.64. The van der Waals surface area contributed by atoms with E-state index in [2.05, 4.69) is 31.5 Å². The van der Waals surface area contributed by atoms with Crippen molar-refractivity contribution >= 4 is 56.5 Å². The van der Waals surface area contributed by atoms with Gasteiger partial charge in [-0.1, -0.05) is 23.2 Å². The second-order valence-electron chi connectivity index (χ2n) is 4.11. The van der Waals surface area contributed by atoms with Crippen LogP contribution in [0.2, 0.25) is 10.0 Å². The van der Waals surface area contributed by atoms with Crippen molar-refractivity contribution in [2.75, 3.05) is 17.7 Å². The lowest BCUT2D eigenvalue weighted by atomic mass is 10.2. The van der Waals surface area contributed by atoms with Crippen LogP contribution in [0.1, 0.15) is 5.56 Å². The second-order valence-corrected chi connectivity index (χ2v) is 5.77. The molecule has 3 nitrogen and oxygen atoms in total. The van der Waals surface area contributed by atoms with Crippen LogP contribution in [0.25, 0.3) is 0 Å². The number of hydrogen-bond acceptors (Lipinski definition) is 3. The number of rotatable bonds is 3. The molecule has 0 aliphatic carbocycles. The van der Waals surface area contributed by atoms with Crippen LogP contribution in [-0.4, -0.2) is 12.0 Å². The van der Waals surface area contributed by atoms with Crippen molar-refractivity contribution in [1.29, 1.82) is 0 Å². The Morgan fingerprint density at radius 3 is 2.45 bits per heavy atom. The molecule has 1 aromatic heterocycles.